The summed E-state index contributed by atoms with van der Waals surface area (Å²) in [5, 5.41) is 23.1. The van der Waals surface area contributed by atoms with Crippen molar-refractivity contribution >= 4 is 0 Å². The highest BCUT2D eigenvalue weighted by atomic mass is 16.8. The van der Waals surface area contributed by atoms with Crippen LogP contribution in [0.25, 0.3) is 31.3 Å². The van der Waals surface area contributed by atoms with E-state index >= 15 is 0 Å². The highest BCUT2D eigenvalue weighted by Crippen LogP contribution is 2.48. The molecule has 6 aliphatic rings. The predicted octanol–water partition coefficient (Wildman–Crippen LogP) is 4.42. The molecule has 10 atom stereocenters. The van der Waals surface area contributed by atoms with Crippen LogP contribution in [0, 0.1) is 0 Å². The van der Waals surface area contributed by atoms with Gasteiger partial charge >= 0.3 is 0 Å². The molecular formula is C24H35N9O7. The van der Waals surface area contributed by atoms with Gasteiger partial charge < -0.3 is 33.5 Å². The molecule has 0 aromatic carbocycles. The van der Waals surface area contributed by atoms with E-state index in [0.717, 1.165) is 51.4 Å². The molecule has 16 heteroatoms. The third-order valence-electron chi connectivity index (χ3n) is 9.20. The van der Waals surface area contributed by atoms with Crippen molar-refractivity contribution in [2.45, 2.75) is 143 Å². The number of aliphatic hydroxyl groups is 1. The fourth-order valence-corrected chi connectivity index (χ4v) is 7.30. The standard InChI is InChI=1S/C24H35N9O7/c25-31-28-13-11-14(29-32-26)19-21(40-24(38-19)9-5-2-6-10-24)18(13)37-22-16(30-33-27)17(34)20-15(36-22)12-35-23(39-20)7-3-1-4-8-23/h13-22,34H,1-12H2/t13?,14?,15?,16?,17?,18-,19?,20-,21?,22-/m1/s1. The number of fused-ring (bicyclic) bond motifs is 2. The van der Waals surface area contributed by atoms with Crippen molar-refractivity contribution in [3.05, 3.63) is 31.3 Å². The van der Waals surface area contributed by atoms with E-state index < -0.39 is 72.6 Å². The lowest BCUT2D eigenvalue weighted by atomic mass is 9.84. The maximum atomic E-state index is 11.4. The molecule has 2 spiro atoms. The SMILES string of the molecule is [N-]=[N+]=NC1CC(N=[N+]=[N-])[C@@H](O[C@H]2OC3COC4(CCCCC4)O[C@H]3C(O)C2N=[N+]=[N-])C2OC3(CCCCC3)OC12. The zero-order chi connectivity index (χ0) is 27.7. The molecule has 3 saturated carbocycles. The molecule has 7 unspecified atom stereocenters. The summed E-state index contributed by atoms with van der Waals surface area (Å²) < 4.78 is 38.1. The highest BCUT2D eigenvalue weighted by molar-refractivity contribution is 5.08. The molecule has 3 saturated heterocycles. The Morgan fingerprint density at radius 1 is 0.725 bits per heavy atom. The minimum atomic E-state index is -1.22. The molecule has 6 fully saturated rings. The molecule has 0 aromatic rings. The van der Waals surface area contributed by atoms with Crippen molar-refractivity contribution < 1.29 is 33.5 Å². The van der Waals surface area contributed by atoms with Crippen molar-refractivity contribution in [2.75, 3.05) is 6.61 Å². The molecule has 16 nitrogen and oxygen atoms in total. The normalized spacial score (nSPS) is 43.4. The van der Waals surface area contributed by atoms with Gasteiger partial charge in [0.15, 0.2) is 17.9 Å². The number of aliphatic hydroxyl groups excluding tert-OH is 1. The van der Waals surface area contributed by atoms with Crippen LogP contribution >= 0.6 is 0 Å². The smallest absolute Gasteiger partial charge is 0.169 e. The predicted molar refractivity (Wildman–Crippen MR) is 135 cm³/mol. The van der Waals surface area contributed by atoms with Crippen LogP contribution in [0.2, 0.25) is 0 Å². The quantitative estimate of drug-likeness (QED) is 0.288. The van der Waals surface area contributed by atoms with Gasteiger partial charge in [-0.05, 0) is 48.7 Å². The van der Waals surface area contributed by atoms with Crippen molar-refractivity contribution in [3.8, 4) is 0 Å². The topological polar surface area (TPSA) is 222 Å². The van der Waals surface area contributed by atoms with Crippen molar-refractivity contribution in [3.63, 3.8) is 0 Å². The zero-order valence-electron chi connectivity index (χ0n) is 22.2. The van der Waals surface area contributed by atoms with E-state index in [0.29, 0.717) is 12.8 Å². The summed E-state index contributed by atoms with van der Waals surface area (Å²) in [7, 11) is 0. The van der Waals surface area contributed by atoms with Crippen molar-refractivity contribution in [1.29, 1.82) is 0 Å². The van der Waals surface area contributed by atoms with Gasteiger partial charge in [-0.3, -0.25) is 0 Å². The Balaban J connectivity index is 1.27. The first-order valence-corrected chi connectivity index (χ1v) is 14.3. The number of ether oxygens (including phenoxy) is 6. The number of azide groups is 3. The lowest BCUT2D eigenvalue weighted by Gasteiger charge is -2.52. The fourth-order valence-electron chi connectivity index (χ4n) is 7.30. The Labute approximate surface area is 230 Å². The first-order chi connectivity index (χ1) is 19.5. The van der Waals surface area contributed by atoms with E-state index in [2.05, 4.69) is 30.1 Å². The van der Waals surface area contributed by atoms with Gasteiger partial charge in [0, 0.05) is 40.4 Å². The monoisotopic (exact) mass is 561 g/mol. The Kier molecular flexibility index (Phi) is 7.99. The van der Waals surface area contributed by atoms with Crippen LogP contribution in [0.4, 0.5) is 0 Å². The molecule has 1 N–H and O–H groups in total. The minimum absolute atomic E-state index is 0.168. The Hall–Kier alpha value is -2.35. The van der Waals surface area contributed by atoms with E-state index in [1.54, 1.807) is 0 Å². The van der Waals surface area contributed by atoms with Crippen molar-refractivity contribution in [1.82, 2.24) is 0 Å². The molecule has 3 aliphatic carbocycles. The Morgan fingerprint density at radius 3 is 2.00 bits per heavy atom. The molecule has 40 heavy (non-hydrogen) atoms. The first kappa shape index (κ1) is 27.8. The van der Waals surface area contributed by atoms with Crippen molar-refractivity contribution in [2.24, 2.45) is 15.3 Å². The summed E-state index contributed by atoms with van der Waals surface area (Å²) in [5.74, 6) is -1.62. The van der Waals surface area contributed by atoms with Gasteiger partial charge in [-0.25, -0.2) is 0 Å². The van der Waals surface area contributed by atoms with E-state index in [-0.39, 0.29) is 13.0 Å². The molecule has 6 rings (SSSR count). The van der Waals surface area contributed by atoms with Crippen LogP contribution in [0.1, 0.15) is 70.6 Å². The minimum Gasteiger partial charge on any atom is -0.390 e. The number of nitrogens with zero attached hydrogens (tertiary/aromatic N) is 9. The zero-order valence-corrected chi connectivity index (χ0v) is 22.2. The molecule has 0 bridgehead atoms. The summed E-state index contributed by atoms with van der Waals surface area (Å²) >= 11 is 0. The molecule has 0 amide bonds. The van der Waals surface area contributed by atoms with Crippen LogP contribution in [0.3, 0.4) is 0 Å². The third kappa shape index (κ3) is 5.10. The molecule has 218 valence electrons. The van der Waals surface area contributed by atoms with Gasteiger partial charge in [0.1, 0.15) is 24.4 Å². The first-order valence-electron chi connectivity index (χ1n) is 14.3. The molecule has 3 aliphatic heterocycles. The number of hydrogen-bond acceptors (Lipinski definition) is 10. The molecule has 3 heterocycles. The fraction of sp³-hybridized carbons (Fsp3) is 1.00. The van der Waals surface area contributed by atoms with Crippen LogP contribution in [-0.4, -0.2) is 84.3 Å². The maximum absolute atomic E-state index is 11.4. The van der Waals surface area contributed by atoms with Gasteiger partial charge in [-0.1, -0.05) is 28.2 Å². The third-order valence-corrected chi connectivity index (χ3v) is 9.20. The maximum Gasteiger partial charge on any atom is 0.169 e. The number of rotatable bonds is 5. The highest BCUT2D eigenvalue weighted by Gasteiger charge is 2.60. The van der Waals surface area contributed by atoms with E-state index in [1.807, 2.05) is 0 Å². The number of hydrogen-bond donors (Lipinski definition) is 1. The van der Waals surface area contributed by atoms with Gasteiger partial charge in [0.05, 0.1) is 37.0 Å². The second kappa shape index (κ2) is 11.5. The molecule has 0 aromatic heterocycles. The van der Waals surface area contributed by atoms with E-state index in [9.17, 15) is 21.7 Å². The van der Waals surface area contributed by atoms with Gasteiger partial charge in [0.25, 0.3) is 0 Å². The van der Waals surface area contributed by atoms with Crippen LogP contribution < -0.4 is 0 Å². The van der Waals surface area contributed by atoms with E-state index in [4.69, 9.17) is 28.4 Å². The average molecular weight is 562 g/mol. The second-order valence-electron chi connectivity index (χ2n) is 11.6. The lowest BCUT2D eigenvalue weighted by molar-refractivity contribution is -0.387. The van der Waals surface area contributed by atoms with Crippen LogP contribution in [-0.2, 0) is 28.4 Å². The Bertz CT molecular complexity index is 1080. The van der Waals surface area contributed by atoms with Crippen LogP contribution in [0.15, 0.2) is 15.3 Å². The van der Waals surface area contributed by atoms with E-state index in [1.165, 1.54) is 0 Å². The van der Waals surface area contributed by atoms with Gasteiger partial charge in [0.2, 0.25) is 0 Å². The summed E-state index contributed by atoms with van der Waals surface area (Å²) in [6.45, 7) is 0.183. The van der Waals surface area contributed by atoms with Gasteiger partial charge in [-0.2, -0.15) is 0 Å². The summed E-state index contributed by atoms with van der Waals surface area (Å²) in [4.78, 5) is 8.94. The van der Waals surface area contributed by atoms with Gasteiger partial charge in [-0.15, -0.1) is 0 Å². The average Bonchev–Trinajstić information content (AvgIpc) is 3.33. The second-order valence-corrected chi connectivity index (χ2v) is 11.6. The Morgan fingerprint density at radius 2 is 1.32 bits per heavy atom. The largest absolute Gasteiger partial charge is 0.390 e. The molecular weight excluding hydrogens is 526 g/mol. The summed E-state index contributed by atoms with van der Waals surface area (Å²) in [5.41, 5.74) is 27.9. The molecule has 0 radical (unpaired) electrons. The summed E-state index contributed by atoms with van der Waals surface area (Å²) in [6, 6.07) is -2.57. The van der Waals surface area contributed by atoms with Crippen LogP contribution in [0.5, 0.6) is 0 Å². The lowest BCUT2D eigenvalue weighted by Crippen LogP contribution is -2.66. The summed E-state index contributed by atoms with van der Waals surface area (Å²) in [6.07, 6.45) is 2.82.